The van der Waals surface area contributed by atoms with Gasteiger partial charge in [-0.15, -0.1) is 0 Å². The molecule has 2 heterocycles. The Hall–Kier alpha value is -2.73. The Morgan fingerprint density at radius 2 is 1.60 bits per heavy atom. The van der Waals surface area contributed by atoms with Crippen LogP contribution < -0.4 is 15.8 Å². The summed E-state index contributed by atoms with van der Waals surface area (Å²) in [6, 6.07) is 21.2. The number of nitrogens with one attached hydrogen (secondary N) is 2. The van der Waals surface area contributed by atoms with Gasteiger partial charge in [0.25, 0.3) is 0 Å². The molecule has 6 heteroatoms. The molecule has 2 saturated heterocycles. The van der Waals surface area contributed by atoms with E-state index in [0.717, 1.165) is 16.8 Å². The molecule has 2 fully saturated rings. The highest BCUT2D eigenvalue weighted by molar-refractivity contribution is 6.30. The molecule has 0 saturated carbocycles. The lowest BCUT2D eigenvalue weighted by atomic mass is 9.83. The number of carbonyl (C=O) groups is 1. The number of aryl methyl sites for hydroxylation is 1. The van der Waals surface area contributed by atoms with Crippen molar-refractivity contribution in [2.75, 3.05) is 4.90 Å². The van der Waals surface area contributed by atoms with Crippen molar-refractivity contribution >= 4 is 23.2 Å². The maximum atomic E-state index is 14.2. The molecule has 1 amide bonds. The summed E-state index contributed by atoms with van der Waals surface area (Å²) in [7, 11) is 0. The van der Waals surface area contributed by atoms with Crippen LogP contribution in [0, 0.1) is 18.7 Å². The quantitative estimate of drug-likeness (QED) is 0.643. The third-order valence-corrected chi connectivity index (χ3v) is 6.29. The molecular weight excluding hydrogens is 401 g/mol. The predicted octanol–water partition coefficient (Wildman–Crippen LogP) is 4.71. The van der Waals surface area contributed by atoms with E-state index in [9.17, 15) is 9.18 Å². The van der Waals surface area contributed by atoms with E-state index < -0.39 is 6.04 Å². The van der Waals surface area contributed by atoms with Gasteiger partial charge in [-0.25, -0.2) is 15.2 Å². The van der Waals surface area contributed by atoms with Crippen LogP contribution in [0.5, 0.6) is 0 Å². The summed E-state index contributed by atoms with van der Waals surface area (Å²) in [5.74, 6) is -0.471. The average molecular weight is 422 g/mol. The molecule has 3 aromatic carbocycles. The standard InChI is InChI=1S/C24H21ClFN3O/c1-14-5-7-15(8-6-14)21-20-22(28-27-21)24(30)29(19-11-9-17(25)10-12-19)23(20)16-3-2-4-18(26)13-16/h2-13,20-23,27-28H,1H3. The number of hydrogen-bond acceptors (Lipinski definition) is 3. The maximum Gasteiger partial charge on any atom is 0.246 e. The molecule has 4 atom stereocenters. The Morgan fingerprint density at radius 1 is 0.900 bits per heavy atom. The van der Waals surface area contributed by atoms with Crippen LogP contribution in [0.4, 0.5) is 10.1 Å². The van der Waals surface area contributed by atoms with Gasteiger partial charge in [0.1, 0.15) is 11.9 Å². The first-order chi connectivity index (χ1) is 14.5. The van der Waals surface area contributed by atoms with Gasteiger partial charge in [0.15, 0.2) is 0 Å². The molecule has 30 heavy (non-hydrogen) atoms. The van der Waals surface area contributed by atoms with Crippen molar-refractivity contribution in [3.8, 4) is 0 Å². The first-order valence-corrected chi connectivity index (χ1v) is 10.3. The molecule has 0 radical (unpaired) electrons. The van der Waals surface area contributed by atoms with Gasteiger partial charge in [-0.2, -0.15) is 0 Å². The van der Waals surface area contributed by atoms with Crippen molar-refractivity contribution in [3.05, 3.63) is 100 Å². The van der Waals surface area contributed by atoms with E-state index >= 15 is 0 Å². The van der Waals surface area contributed by atoms with E-state index in [-0.39, 0.29) is 29.7 Å². The van der Waals surface area contributed by atoms with Crippen molar-refractivity contribution < 1.29 is 9.18 Å². The lowest BCUT2D eigenvalue weighted by Crippen LogP contribution is -2.41. The number of halogens is 2. The molecule has 0 bridgehead atoms. The minimum absolute atomic E-state index is 0.0429. The highest BCUT2D eigenvalue weighted by Gasteiger charge is 2.56. The number of nitrogens with zero attached hydrogens (tertiary/aromatic N) is 1. The number of benzene rings is 3. The van der Waals surface area contributed by atoms with Crippen LogP contribution in [-0.2, 0) is 4.79 Å². The van der Waals surface area contributed by atoms with Gasteiger partial charge in [-0.05, 0) is 54.4 Å². The van der Waals surface area contributed by atoms with E-state index in [1.165, 1.54) is 17.7 Å². The van der Waals surface area contributed by atoms with Crippen molar-refractivity contribution in [2.45, 2.75) is 25.0 Å². The fraction of sp³-hybridized carbons (Fsp3) is 0.208. The van der Waals surface area contributed by atoms with Gasteiger partial charge >= 0.3 is 0 Å². The number of hydrogen-bond donors (Lipinski definition) is 2. The van der Waals surface area contributed by atoms with Gasteiger partial charge in [0, 0.05) is 16.6 Å². The fourth-order valence-corrected chi connectivity index (χ4v) is 4.77. The van der Waals surface area contributed by atoms with E-state index in [0.29, 0.717) is 5.02 Å². The number of rotatable bonds is 3. The largest absolute Gasteiger partial charge is 0.303 e. The summed E-state index contributed by atoms with van der Waals surface area (Å²) < 4.78 is 14.2. The molecule has 4 nitrogen and oxygen atoms in total. The summed E-state index contributed by atoms with van der Waals surface area (Å²) >= 11 is 6.07. The van der Waals surface area contributed by atoms with Crippen LogP contribution in [0.3, 0.4) is 0 Å². The van der Waals surface area contributed by atoms with Gasteiger partial charge in [-0.3, -0.25) is 4.79 Å². The predicted molar refractivity (Wildman–Crippen MR) is 116 cm³/mol. The normalized spacial score (nSPS) is 25.6. The van der Waals surface area contributed by atoms with Gasteiger partial charge < -0.3 is 4.90 Å². The highest BCUT2D eigenvalue weighted by atomic mass is 35.5. The lowest BCUT2D eigenvalue weighted by Gasteiger charge is -2.31. The van der Waals surface area contributed by atoms with Gasteiger partial charge in [0.05, 0.1) is 12.1 Å². The van der Waals surface area contributed by atoms with Gasteiger partial charge in [-0.1, -0.05) is 53.6 Å². The van der Waals surface area contributed by atoms with Crippen molar-refractivity contribution in [3.63, 3.8) is 0 Å². The van der Waals surface area contributed by atoms with Crippen LogP contribution in [0.2, 0.25) is 5.02 Å². The molecule has 2 aliphatic heterocycles. The Kier molecular flexibility index (Phi) is 4.82. The number of carbonyl (C=O) groups excluding carboxylic acids is 1. The monoisotopic (exact) mass is 421 g/mol. The summed E-state index contributed by atoms with van der Waals surface area (Å²) in [5.41, 5.74) is 10.3. The molecule has 2 aliphatic rings. The maximum absolute atomic E-state index is 14.2. The minimum Gasteiger partial charge on any atom is -0.303 e. The van der Waals surface area contributed by atoms with E-state index in [1.807, 2.05) is 25.1 Å². The number of fused-ring (bicyclic) bond motifs is 1. The lowest BCUT2D eigenvalue weighted by molar-refractivity contribution is -0.119. The Balaban J connectivity index is 1.63. The summed E-state index contributed by atoms with van der Waals surface area (Å²) in [5, 5.41) is 0.602. The number of anilines is 1. The highest BCUT2D eigenvalue weighted by Crippen LogP contribution is 2.49. The average Bonchev–Trinajstić information content (AvgIpc) is 3.28. The Bertz CT molecular complexity index is 1090. The van der Waals surface area contributed by atoms with Crippen LogP contribution in [0.1, 0.15) is 28.8 Å². The third kappa shape index (κ3) is 3.19. The number of hydrazine groups is 1. The van der Waals surface area contributed by atoms with Gasteiger partial charge in [0.2, 0.25) is 5.91 Å². The van der Waals surface area contributed by atoms with Crippen molar-refractivity contribution in [1.82, 2.24) is 10.9 Å². The second-order valence-electron chi connectivity index (χ2n) is 7.92. The van der Waals surface area contributed by atoms with Crippen molar-refractivity contribution in [1.29, 1.82) is 0 Å². The fourth-order valence-electron chi connectivity index (χ4n) is 4.65. The smallest absolute Gasteiger partial charge is 0.246 e. The molecule has 0 aromatic heterocycles. The zero-order chi connectivity index (χ0) is 20.8. The van der Waals surface area contributed by atoms with E-state index in [4.69, 9.17) is 11.6 Å². The van der Waals surface area contributed by atoms with Crippen LogP contribution in [0.25, 0.3) is 0 Å². The van der Waals surface area contributed by atoms with E-state index in [2.05, 4.69) is 35.1 Å². The van der Waals surface area contributed by atoms with Crippen LogP contribution >= 0.6 is 11.6 Å². The molecule has 0 aliphatic carbocycles. The third-order valence-electron chi connectivity index (χ3n) is 6.04. The zero-order valence-electron chi connectivity index (χ0n) is 16.3. The summed E-state index contributed by atoms with van der Waals surface area (Å²) in [6.45, 7) is 2.05. The molecule has 3 aromatic rings. The molecule has 0 spiro atoms. The SMILES string of the molecule is Cc1ccc(C2NNC3C(=O)N(c4ccc(Cl)cc4)C(c4cccc(F)c4)C32)cc1. The first kappa shape index (κ1) is 19.2. The second-order valence-corrected chi connectivity index (χ2v) is 8.35. The second kappa shape index (κ2) is 7.51. The zero-order valence-corrected chi connectivity index (χ0v) is 17.1. The summed E-state index contributed by atoms with van der Waals surface area (Å²) in [6.07, 6.45) is 0. The first-order valence-electron chi connectivity index (χ1n) is 9.94. The van der Waals surface area contributed by atoms with Crippen molar-refractivity contribution in [2.24, 2.45) is 5.92 Å². The minimum atomic E-state index is -0.416. The molecule has 2 N–H and O–H groups in total. The molecule has 4 unspecified atom stereocenters. The van der Waals surface area contributed by atoms with Crippen LogP contribution in [-0.4, -0.2) is 11.9 Å². The summed E-state index contributed by atoms with van der Waals surface area (Å²) in [4.78, 5) is 15.2. The van der Waals surface area contributed by atoms with Crippen LogP contribution in [0.15, 0.2) is 72.8 Å². The number of amides is 1. The molecular formula is C24H21ClFN3O. The molecule has 152 valence electrons. The van der Waals surface area contributed by atoms with E-state index in [1.54, 1.807) is 23.1 Å². The Labute approximate surface area is 179 Å². The Morgan fingerprint density at radius 3 is 2.30 bits per heavy atom. The topological polar surface area (TPSA) is 44.4 Å². The molecule has 5 rings (SSSR count).